The van der Waals surface area contributed by atoms with E-state index in [2.05, 4.69) is 5.32 Å². The number of pyridine rings is 1. The Bertz CT molecular complexity index is 628. The van der Waals surface area contributed by atoms with E-state index in [1.54, 1.807) is 24.3 Å². The molecule has 0 bridgehead atoms. The number of nitrogens with zero attached hydrogens (tertiary/aromatic N) is 1. The molecule has 1 N–H and O–H groups in total. The van der Waals surface area contributed by atoms with Crippen molar-refractivity contribution in [2.45, 2.75) is 0 Å². The van der Waals surface area contributed by atoms with E-state index < -0.39 is 0 Å². The van der Waals surface area contributed by atoms with Gasteiger partial charge >= 0.3 is 0 Å². The van der Waals surface area contributed by atoms with Crippen LogP contribution in [0.3, 0.4) is 0 Å². The van der Waals surface area contributed by atoms with Crippen LogP contribution in [0.2, 0.25) is 0 Å². The largest absolute Gasteiger partial charge is 0.619 e. The van der Waals surface area contributed by atoms with Gasteiger partial charge in [0.05, 0.1) is 14.2 Å². The van der Waals surface area contributed by atoms with Crippen LogP contribution >= 0.6 is 0 Å². The Hall–Kier alpha value is -2.76. The molecule has 0 saturated heterocycles. The molecule has 6 nitrogen and oxygen atoms in total. The number of methoxy groups -OCH3 is 2. The minimum absolute atomic E-state index is 0.275. The Labute approximate surface area is 116 Å². The average Bonchev–Trinajstić information content (AvgIpc) is 2.47. The molecule has 1 aromatic carbocycles. The fourth-order valence-corrected chi connectivity index (χ4v) is 1.71. The highest BCUT2D eigenvalue weighted by molar-refractivity contribution is 6.04. The van der Waals surface area contributed by atoms with Crippen molar-refractivity contribution < 1.29 is 19.0 Å². The van der Waals surface area contributed by atoms with Gasteiger partial charge in [-0.2, -0.15) is 4.73 Å². The van der Waals surface area contributed by atoms with Crippen molar-refractivity contribution in [3.05, 3.63) is 53.5 Å². The Morgan fingerprint density at radius 1 is 1.20 bits per heavy atom. The maximum Gasteiger partial charge on any atom is 0.261 e. The molecule has 0 unspecified atom stereocenters. The van der Waals surface area contributed by atoms with Crippen molar-refractivity contribution in [1.82, 2.24) is 0 Å². The Balaban J connectivity index is 2.19. The van der Waals surface area contributed by atoms with Gasteiger partial charge in [-0.3, -0.25) is 4.79 Å². The first-order valence-electron chi connectivity index (χ1n) is 5.86. The van der Waals surface area contributed by atoms with Crippen molar-refractivity contribution in [3.63, 3.8) is 0 Å². The molecular weight excluding hydrogens is 260 g/mol. The monoisotopic (exact) mass is 274 g/mol. The molecule has 20 heavy (non-hydrogen) atoms. The highest BCUT2D eigenvalue weighted by Crippen LogP contribution is 2.29. The van der Waals surface area contributed by atoms with Crippen LogP contribution in [0.1, 0.15) is 10.4 Å². The first-order chi connectivity index (χ1) is 9.63. The predicted octanol–water partition coefficient (Wildman–Crippen LogP) is 1.59. The Morgan fingerprint density at radius 3 is 2.60 bits per heavy atom. The van der Waals surface area contributed by atoms with Crippen LogP contribution in [0.5, 0.6) is 11.5 Å². The summed E-state index contributed by atoms with van der Waals surface area (Å²) in [7, 11) is 3.05. The molecule has 0 aliphatic carbocycles. The van der Waals surface area contributed by atoms with E-state index >= 15 is 0 Å². The molecule has 0 spiro atoms. The number of ether oxygens (including phenoxy) is 2. The zero-order valence-corrected chi connectivity index (χ0v) is 11.1. The standard InChI is InChI=1S/C14H14N2O4/c1-19-12-6-5-11(8-13(12)20-2)15-14(17)10-4-3-7-16(18)9-10/h3-9H,1-2H3,(H,15,17). The topological polar surface area (TPSA) is 74.5 Å². The second-order valence-electron chi connectivity index (χ2n) is 3.98. The maximum absolute atomic E-state index is 12.0. The molecule has 0 aliphatic heterocycles. The number of carbonyl (C=O) groups is 1. The molecule has 1 heterocycles. The number of anilines is 1. The summed E-state index contributed by atoms with van der Waals surface area (Å²) in [5.41, 5.74) is 0.825. The summed E-state index contributed by atoms with van der Waals surface area (Å²) in [5.74, 6) is 0.710. The van der Waals surface area contributed by atoms with Gasteiger partial charge in [-0.1, -0.05) is 0 Å². The summed E-state index contributed by atoms with van der Waals surface area (Å²) in [5, 5.41) is 13.8. The molecule has 1 aromatic heterocycles. The number of aromatic nitrogens is 1. The van der Waals surface area contributed by atoms with Crippen LogP contribution in [0.25, 0.3) is 0 Å². The molecule has 2 aromatic rings. The number of nitrogens with one attached hydrogen (secondary N) is 1. The van der Waals surface area contributed by atoms with Crippen molar-refractivity contribution in [1.29, 1.82) is 0 Å². The average molecular weight is 274 g/mol. The van der Waals surface area contributed by atoms with Gasteiger partial charge in [-0.05, 0) is 18.2 Å². The number of benzene rings is 1. The zero-order valence-electron chi connectivity index (χ0n) is 11.1. The summed E-state index contributed by atoms with van der Waals surface area (Å²) >= 11 is 0. The lowest BCUT2D eigenvalue weighted by Gasteiger charge is -2.10. The van der Waals surface area contributed by atoms with E-state index in [0.29, 0.717) is 21.9 Å². The molecule has 2 rings (SSSR count). The van der Waals surface area contributed by atoms with Crippen LogP contribution in [-0.2, 0) is 0 Å². The predicted molar refractivity (Wildman–Crippen MR) is 72.9 cm³/mol. The number of rotatable bonds is 4. The lowest BCUT2D eigenvalue weighted by Crippen LogP contribution is -2.27. The molecule has 0 saturated carbocycles. The van der Waals surface area contributed by atoms with E-state index in [0.717, 1.165) is 0 Å². The van der Waals surface area contributed by atoms with Gasteiger partial charge in [0.2, 0.25) is 0 Å². The summed E-state index contributed by atoms with van der Waals surface area (Å²) < 4.78 is 10.8. The van der Waals surface area contributed by atoms with E-state index in [1.807, 2.05) is 0 Å². The molecule has 104 valence electrons. The van der Waals surface area contributed by atoms with E-state index in [9.17, 15) is 10.0 Å². The Morgan fingerprint density at radius 2 is 1.95 bits per heavy atom. The summed E-state index contributed by atoms with van der Waals surface area (Å²) in [6.45, 7) is 0. The van der Waals surface area contributed by atoms with Crippen LogP contribution in [0.4, 0.5) is 5.69 Å². The van der Waals surface area contributed by atoms with Gasteiger partial charge in [0.1, 0.15) is 5.56 Å². The van der Waals surface area contributed by atoms with Gasteiger partial charge in [0.15, 0.2) is 23.9 Å². The zero-order chi connectivity index (χ0) is 14.5. The van der Waals surface area contributed by atoms with Gasteiger partial charge in [0, 0.05) is 17.8 Å². The SMILES string of the molecule is COc1ccc(NC(=O)c2ccc[n+]([O-])c2)cc1OC. The van der Waals surface area contributed by atoms with E-state index in [4.69, 9.17) is 9.47 Å². The third-order valence-corrected chi connectivity index (χ3v) is 2.68. The molecule has 0 radical (unpaired) electrons. The quantitative estimate of drug-likeness (QED) is 0.678. The molecule has 1 amide bonds. The van der Waals surface area contributed by atoms with Crippen LogP contribution in [-0.4, -0.2) is 20.1 Å². The first-order valence-corrected chi connectivity index (χ1v) is 5.86. The smallest absolute Gasteiger partial charge is 0.261 e. The van der Waals surface area contributed by atoms with Gasteiger partial charge in [0.25, 0.3) is 5.91 Å². The van der Waals surface area contributed by atoms with Gasteiger partial charge < -0.3 is 20.0 Å². The fraction of sp³-hybridized carbons (Fsp3) is 0.143. The summed E-state index contributed by atoms with van der Waals surface area (Å²) in [6.07, 6.45) is 2.52. The first kappa shape index (κ1) is 13.7. The van der Waals surface area contributed by atoms with Gasteiger partial charge in [-0.15, -0.1) is 0 Å². The van der Waals surface area contributed by atoms with Crippen molar-refractivity contribution in [2.75, 3.05) is 19.5 Å². The lowest BCUT2D eigenvalue weighted by molar-refractivity contribution is -0.605. The van der Waals surface area contributed by atoms with Crippen molar-refractivity contribution in [2.24, 2.45) is 0 Å². The van der Waals surface area contributed by atoms with E-state index in [1.165, 1.54) is 32.7 Å². The highest BCUT2D eigenvalue weighted by Gasteiger charge is 2.11. The molecular formula is C14H14N2O4. The van der Waals surface area contributed by atoms with E-state index in [-0.39, 0.29) is 11.5 Å². The third-order valence-electron chi connectivity index (χ3n) is 2.68. The van der Waals surface area contributed by atoms with Crippen LogP contribution in [0, 0.1) is 5.21 Å². The van der Waals surface area contributed by atoms with Crippen molar-refractivity contribution >= 4 is 11.6 Å². The molecule has 0 aliphatic rings. The minimum atomic E-state index is -0.373. The Kier molecular flexibility index (Phi) is 4.05. The van der Waals surface area contributed by atoms with Crippen molar-refractivity contribution in [3.8, 4) is 11.5 Å². The fourth-order valence-electron chi connectivity index (χ4n) is 1.71. The highest BCUT2D eigenvalue weighted by atomic mass is 16.5. The normalized spacial score (nSPS) is 9.90. The van der Waals surface area contributed by atoms with Crippen LogP contribution in [0.15, 0.2) is 42.7 Å². The number of hydrogen-bond acceptors (Lipinski definition) is 4. The molecule has 6 heteroatoms. The molecule has 0 atom stereocenters. The number of carbonyl (C=O) groups excluding carboxylic acids is 1. The second kappa shape index (κ2) is 5.92. The summed E-state index contributed by atoms with van der Waals surface area (Å²) in [4.78, 5) is 12.0. The maximum atomic E-state index is 12.0. The lowest BCUT2D eigenvalue weighted by atomic mass is 10.2. The van der Waals surface area contributed by atoms with Gasteiger partial charge in [-0.25, -0.2) is 0 Å². The third kappa shape index (κ3) is 2.97. The minimum Gasteiger partial charge on any atom is -0.619 e. The van der Waals surface area contributed by atoms with Crippen LogP contribution < -0.4 is 19.5 Å². The second-order valence-corrected chi connectivity index (χ2v) is 3.98. The number of amides is 1. The summed E-state index contributed by atoms with van der Waals surface area (Å²) in [6, 6.07) is 8.09. The molecule has 0 fully saturated rings. The number of hydrogen-bond donors (Lipinski definition) is 1.